The van der Waals surface area contributed by atoms with Gasteiger partial charge < -0.3 is 9.26 Å². The van der Waals surface area contributed by atoms with Crippen molar-refractivity contribution in [1.29, 1.82) is 0 Å². The van der Waals surface area contributed by atoms with Gasteiger partial charge in [-0.2, -0.15) is 4.98 Å². The topological polar surface area (TPSA) is 51.4 Å². The van der Waals surface area contributed by atoms with Crippen LogP contribution in [0.2, 0.25) is 0 Å². The zero-order chi connectivity index (χ0) is 13.9. The van der Waals surface area contributed by atoms with Crippen LogP contribution < -0.4 is 4.74 Å². The van der Waals surface area contributed by atoms with Crippen LogP contribution in [0.1, 0.15) is 36.2 Å². The molecule has 1 atom stereocenters. The van der Waals surface area contributed by atoms with Gasteiger partial charge >= 0.3 is 0 Å². The maximum absolute atomic E-state index is 5.31. The number of methoxy groups -OCH3 is 1. The second kappa shape index (κ2) is 5.63. The Bertz CT molecular complexity index is 582. The predicted octanol–water partition coefficient (Wildman–Crippen LogP) is 2.72. The van der Waals surface area contributed by atoms with E-state index in [9.17, 15) is 0 Å². The maximum atomic E-state index is 5.31. The molecule has 0 radical (unpaired) electrons. The molecule has 0 aliphatic carbocycles. The summed E-state index contributed by atoms with van der Waals surface area (Å²) in [6, 6.07) is 8.69. The van der Waals surface area contributed by atoms with E-state index in [4.69, 9.17) is 9.26 Å². The van der Waals surface area contributed by atoms with Crippen molar-refractivity contribution in [2.45, 2.75) is 32.4 Å². The summed E-state index contributed by atoms with van der Waals surface area (Å²) in [5.74, 6) is 2.29. The Kier molecular flexibility index (Phi) is 3.69. The first kappa shape index (κ1) is 13.1. The molecule has 5 nitrogen and oxygen atoms in total. The molecule has 2 heterocycles. The van der Waals surface area contributed by atoms with Crippen molar-refractivity contribution < 1.29 is 9.26 Å². The van der Waals surface area contributed by atoms with Gasteiger partial charge in [0, 0.05) is 6.04 Å². The van der Waals surface area contributed by atoms with E-state index in [2.05, 4.69) is 27.2 Å². The van der Waals surface area contributed by atoms with Gasteiger partial charge in [0.15, 0.2) is 5.82 Å². The van der Waals surface area contributed by atoms with Crippen LogP contribution in [0.15, 0.2) is 28.8 Å². The normalized spacial score (nSPS) is 19.4. The Morgan fingerprint density at radius 2 is 2.35 bits per heavy atom. The van der Waals surface area contributed by atoms with Gasteiger partial charge in [-0.25, -0.2) is 0 Å². The van der Waals surface area contributed by atoms with Crippen LogP contribution in [0.5, 0.6) is 5.75 Å². The highest BCUT2D eigenvalue weighted by Gasteiger charge is 2.27. The maximum Gasteiger partial charge on any atom is 0.240 e. The summed E-state index contributed by atoms with van der Waals surface area (Å²) in [7, 11) is 1.70. The zero-order valence-electron chi connectivity index (χ0n) is 11.9. The number of ether oxygens (including phenoxy) is 1. The van der Waals surface area contributed by atoms with Crippen LogP contribution in [0, 0.1) is 6.92 Å². The number of rotatable bonds is 4. The average molecular weight is 273 g/mol. The smallest absolute Gasteiger partial charge is 0.240 e. The Labute approximate surface area is 118 Å². The average Bonchev–Trinajstić information content (AvgIpc) is 3.08. The molecule has 20 heavy (non-hydrogen) atoms. The van der Waals surface area contributed by atoms with Crippen LogP contribution in [-0.2, 0) is 6.54 Å². The number of hydrogen-bond donors (Lipinski definition) is 0. The number of hydrogen-bond acceptors (Lipinski definition) is 5. The third-order valence-corrected chi connectivity index (χ3v) is 3.75. The van der Waals surface area contributed by atoms with Crippen molar-refractivity contribution in [3.63, 3.8) is 0 Å². The van der Waals surface area contributed by atoms with Gasteiger partial charge in [-0.1, -0.05) is 17.3 Å². The molecule has 1 aromatic heterocycles. The predicted molar refractivity (Wildman–Crippen MR) is 74.4 cm³/mol. The van der Waals surface area contributed by atoms with Gasteiger partial charge in [-0.3, -0.25) is 4.90 Å². The third-order valence-electron chi connectivity index (χ3n) is 3.75. The molecule has 1 aliphatic heterocycles. The van der Waals surface area contributed by atoms with E-state index >= 15 is 0 Å². The van der Waals surface area contributed by atoms with E-state index < -0.39 is 0 Å². The molecule has 3 rings (SSSR count). The first-order valence-electron chi connectivity index (χ1n) is 6.93. The van der Waals surface area contributed by atoms with E-state index in [1.165, 1.54) is 12.0 Å². The summed E-state index contributed by atoms with van der Waals surface area (Å²) in [6.07, 6.45) is 2.34. The molecule has 1 unspecified atom stereocenters. The summed E-state index contributed by atoms with van der Waals surface area (Å²) >= 11 is 0. The molecule has 5 heteroatoms. The van der Waals surface area contributed by atoms with Crippen molar-refractivity contribution in [1.82, 2.24) is 15.0 Å². The zero-order valence-corrected chi connectivity index (χ0v) is 11.9. The Morgan fingerprint density at radius 1 is 1.45 bits per heavy atom. The standard InChI is InChI=1S/C15H19N3O2/c1-11-16-15(20-17-11)10-18-8-4-7-14(18)12-5-3-6-13(9-12)19-2/h3,5-6,9,14H,4,7-8,10H2,1-2H3. The molecular weight excluding hydrogens is 254 g/mol. The molecule has 1 saturated heterocycles. The summed E-state index contributed by atoms with van der Waals surface area (Å²) in [5, 5.41) is 3.85. The number of nitrogens with zero attached hydrogens (tertiary/aromatic N) is 3. The largest absolute Gasteiger partial charge is 0.497 e. The highest BCUT2D eigenvalue weighted by atomic mass is 16.5. The van der Waals surface area contributed by atoms with Gasteiger partial charge in [0.05, 0.1) is 13.7 Å². The van der Waals surface area contributed by atoms with Crippen molar-refractivity contribution in [3.8, 4) is 5.75 Å². The van der Waals surface area contributed by atoms with Crippen LogP contribution in [0.3, 0.4) is 0 Å². The van der Waals surface area contributed by atoms with Gasteiger partial charge in [0.1, 0.15) is 5.75 Å². The lowest BCUT2D eigenvalue weighted by molar-refractivity contribution is 0.212. The van der Waals surface area contributed by atoms with E-state index in [0.717, 1.165) is 18.7 Å². The van der Waals surface area contributed by atoms with Crippen molar-refractivity contribution >= 4 is 0 Å². The van der Waals surface area contributed by atoms with E-state index in [-0.39, 0.29) is 0 Å². The second-order valence-electron chi connectivity index (χ2n) is 5.14. The minimum Gasteiger partial charge on any atom is -0.497 e. The molecule has 0 N–H and O–H groups in total. The highest BCUT2D eigenvalue weighted by Crippen LogP contribution is 2.34. The van der Waals surface area contributed by atoms with E-state index in [1.807, 2.05) is 19.1 Å². The lowest BCUT2D eigenvalue weighted by Gasteiger charge is -2.23. The van der Waals surface area contributed by atoms with Crippen molar-refractivity contribution in [2.75, 3.05) is 13.7 Å². The van der Waals surface area contributed by atoms with Crippen molar-refractivity contribution in [2.24, 2.45) is 0 Å². The van der Waals surface area contributed by atoms with Gasteiger partial charge in [0.2, 0.25) is 5.89 Å². The molecule has 1 aromatic carbocycles. The quantitative estimate of drug-likeness (QED) is 0.857. The molecule has 1 aliphatic rings. The number of benzene rings is 1. The SMILES string of the molecule is COc1cccc(C2CCCN2Cc2nc(C)no2)c1. The van der Waals surface area contributed by atoms with Crippen LogP contribution in [0.25, 0.3) is 0 Å². The molecular formula is C15H19N3O2. The molecule has 0 amide bonds. The molecule has 0 spiro atoms. The first-order chi connectivity index (χ1) is 9.76. The van der Waals surface area contributed by atoms with E-state index in [1.54, 1.807) is 7.11 Å². The fourth-order valence-corrected chi connectivity index (χ4v) is 2.82. The minimum absolute atomic E-state index is 0.400. The summed E-state index contributed by atoms with van der Waals surface area (Å²) in [6.45, 7) is 3.61. The first-order valence-corrected chi connectivity index (χ1v) is 6.93. The molecule has 1 fully saturated rings. The summed E-state index contributed by atoms with van der Waals surface area (Å²) in [5.41, 5.74) is 1.29. The van der Waals surface area contributed by atoms with Gasteiger partial charge in [-0.15, -0.1) is 0 Å². The van der Waals surface area contributed by atoms with Crippen LogP contribution in [0.4, 0.5) is 0 Å². The van der Waals surface area contributed by atoms with Gasteiger partial charge in [0.25, 0.3) is 0 Å². The molecule has 106 valence electrons. The summed E-state index contributed by atoms with van der Waals surface area (Å²) < 4.78 is 10.5. The minimum atomic E-state index is 0.400. The fraction of sp³-hybridized carbons (Fsp3) is 0.467. The Morgan fingerprint density at radius 3 is 3.10 bits per heavy atom. The lowest BCUT2D eigenvalue weighted by Crippen LogP contribution is -2.23. The highest BCUT2D eigenvalue weighted by molar-refractivity contribution is 5.31. The van der Waals surface area contributed by atoms with E-state index in [0.29, 0.717) is 24.3 Å². The number of likely N-dealkylation sites (tertiary alicyclic amines) is 1. The third kappa shape index (κ3) is 2.67. The fourth-order valence-electron chi connectivity index (χ4n) is 2.82. The Balaban J connectivity index is 1.77. The molecule has 2 aromatic rings. The van der Waals surface area contributed by atoms with Crippen LogP contribution in [-0.4, -0.2) is 28.7 Å². The van der Waals surface area contributed by atoms with Crippen molar-refractivity contribution in [3.05, 3.63) is 41.5 Å². The van der Waals surface area contributed by atoms with Gasteiger partial charge in [-0.05, 0) is 44.0 Å². The molecule has 0 bridgehead atoms. The molecule has 0 saturated carbocycles. The second-order valence-corrected chi connectivity index (χ2v) is 5.14. The monoisotopic (exact) mass is 273 g/mol. The lowest BCUT2D eigenvalue weighted by atomic mass is 10.0. The summed E-state index contributed by atoms with van der Waals surface area (Å²) in [4.78, 5) is 6.68. The number of aromatic nitrogens is 2. The Hall–Kier alpha value is -1.88. The van der Waals surface area contributed by atoms with Crippen LogP contribution >= 0.6 is 0 Å². The number of aryl methyl sites for hydroxylation is 1.